The zero-order chi connectivity index (χ0) is 24.1. The topological polar surface area (TPSA) is 73.3 Å². The fraction of sp³-hybridized carbons (Fsp3) is 0.667. The van der Waals surface area contributed by atoms with Gasteiger partial charge in [-0.05, 0) is 0 Å². The molecule has 1 N–H and O–H groups in total. The number of carbonyl (C=O) groups is 2. The van der Waals surface area contributed by atoms with Gasteiger partial charge in [0.25, 0.3) is 0 Å². The summed E-state index contributed by atoms with van der Waals surface area (Å²) in [5.41, 5.74) is -1.08. The quantitative estimate of drug-likeness (QED) is 0.269. The molecular weight excluding hydrogens is 592 g/mol. The van der Waals surface area contributed by atoms with Gasteiger partial charge in [-0.15, -0.1) is 0 Å². The van der Waals surface area contributed by atoms with Gasteiger partial charge in [0.1, 0.15) is 0 Å². The van der Waals surface area contributed by atoms with Crippen LogP contribution in [0.4, 0.5) is 0 Å². The third kappa shape index (κ3) is 4.70. The molecule has 34 heavy (non-hydrogen) atoms. The first kappa shape index (κ1) is 25.0. The van der Waals surface area contributed by atoms with Crippen LogP contribution in [-0.2, 0) is 20.7 Å². The molecule has 3 saturated heterocycles. The second kappa shape index (κ2) is 9.67. The molecule has 7 nitrogen and oxygen atoms in total. The number of alkyl halides is 1. The van der Waals surface area contributed by atoms with Crippen LogP contribution in [0.25, 0.3) is 0 Å². The van der Waals surface area contributed by atoms with Gasteiger partial charge in [0.15, 0.2) is 0 Å². The number of halogens is 3. The van der Waals surface area contributed by atoms with Crippen molar-refractivity contribution in [3.8, 4) is 0 Å². The van der Waals surface area contributed by atoms with Gasteiger partial charge in [-0.1, -0.05) is 0 Å². The van der Waals surface area contributed by atoms with Crippen LogP contribution >= 0.6 is 23.2 Å². The zero-order valence-electron chi connectivity index (χ0n) is 19.3. The standard InChI is InChI=1S/C24H31Cl2IN3O4/c1-23-15-34-14-19(27-28-8-2-3-9-28)21(23)29(10-11-30(23)22(32)24(33)6-7-24)20(31)13-16-4-5-17(25)18(26)12-16/h4-5,12,19,21,33H,2-3,6-11,13-15H2,1H3/q-1. The van der Waals surface area contributed by atoms with Gasteiger partial charge in [-0.2, -0.15) is 0 Å². The maximum atomic E-state index is 13.7. The van der Waals surface area contributed by atoms with Crippen molar-refractivity contribution in [2.24, 2.45) is 0 Å². The molecule has 3 atom stereocenters. The number of piperazine rings is 1. The number of ether oxygens (including phenoxy) is 1. The number of rotatable bonds is 5. The Balaban J connectivity index is 1.43. The Morgan fingerprint density at radius 1 is 1.15 bits per heavy atom. The molecule has 3 heterocycles. The fourth-order valence-corrected chi connectivity index (χ4v) is 9.93. The number of amides is 2. The summed E-state index contributed by atoms with van der Waals surface area (Å²) in [6.07, 6.45) is 3.68. The summed E-state index contributed by atoms with van der Waals surface area (Å²) < 4.78 is 8.85. The van der Waals surface area contributed by atoms with Crippen LogP contribution < -0.4 is 21.5 Å². The van der Waals surface area contributed by atoms with E-state index in [-0.39, 0.29) is 49.7 Å². The molecule has 0 aromatic heterocycles. The summed E-state index contributed by atoms with van der Waals surface area (Å²) in [4.78, 5) is 30.8. The molecule has 1 aromatic rings. The van der Waals surface area contributed by atoms with Crippen molar-refractivity contribution in [3.05, 3.63) is 33.8 Å². The average Bonchev–Trinajstić information content (AvgIpc) is 3.34. The van der Waals surface area contributed by atoms with Crippen molar-refractivity contribution in [2.75, 3.05) is 39.4 Å². The van der Waals surface area contributed by atoms with E-state index in [4.69, 9.17) is 27.9 Å². The van der Waals surface area contributed by atoms with Crippen LogP contribution in [-0.4, -0.2) is 90.3 Å². The normalized spacial score (nSPS) is 30.9. The molecule has 5 rings (SSSR count). The van der Waals surface area contributed by atoms with Crippen molar-refractivity contribution < 1.29 is 40.9 Å². The van der Waals surface area contributed by atoms with E-state index in [1.807, 2.05) is 22.8 Å². The first-order valence-corrected chi connectivity index (χ1v) is 14.9. The Morgan fingerprint density at radius 2 is 1.88 bits per heavy atom. The molecule has 0 radical (unpaired) electrons. The monoisotopic (exact) mass is 622 g/mol. The van der Waals surface area contributed by atoms with Gasteiger partial charge >= 0.3 is 222 Å². The maximum absolute atomic E-state index is 13.7. The SMILES string of the molecule is CC12COCC([I-]N3CCCC3)C1N(C(=O)Cc1ccc(Cl)c(Cl)c1)CCN2C(=O)C1(O)CC1. The van der Waals surface area contributed by atoms with Crippen LogP contribution in [0.1, 0.15) is 38.2 Å². The van der Waals surface area contributed by atoms with E-state index in [9.17, 15) is 14.7 Å². The predicted molar refractivity (Wildman–Crippen MR) is 125 cm³/mol. The minimum atomic E-state index is -1.24. The summed E-state index contributed by atoms with van der Waals surface area (Å²) >= 11 is 11.9. The summed E-state index contributed by atoms with van der Waals surface area (Å²) in [6, 6.07) is 5.18. The summed E-state index contributed by atoms with van der Waals surface area (Å²) in [6.45, 7) is 6.09. The van der Waals surface area contributed by atoms with Crippen molar-refractivity contribution in [2.45, 2.75) is 60.1 Å². The summed E-state index contributed by atoms with van der Waals surface area (Å²) in [5, 5.41) is 11.5. The van der Waals surface area contributed by atoms with E-state index in [1.54, 1.807) is 12.1 Å². The van der Waals surface area contributed by atoms with E-state index in [0.29, 0.717) is 49.2 Å². The molecule has 0 bridgehead atoms. The van der Waals surface area contributed by atoms with Crippen molar-refractivity contribution in [1.29, 1.82) is 0 Å². The first-order valence-electron chi connectivity index (χ1n) is 12.0. The number of hydrogen-bond donors (Lipinski definition) is 1. The van der Waals surface area contributed by atoms with E-state index in [2.05, 4.69) is 3.11 Å². The fourth-order valence-electron chi connectivity index (χ4n) is 5.47. The Morgan fingerprint density at radius 3 is 2.56 bits per heavy atom. The first-order chi connectivity index (χ1) is 16.2. The third-order valence-electron chi connectivity index (χ3n) is 7.51. The van der Waals surface area contributed by atoms with Crippen LogP contribution in [0, 0.1) is 0 Å². The summed E-state index contributed by atoms with van der Waals surface area (Å²) in [5.74, 6) is -0.176. The van der Waals surface area contributed by atoms with Gasteiger partial charge in [-0.25, -0.2) is 0 Å². The van der Waals surface area contributed by atoms with Crippen molar-refractivity contribution in [1.82, 2.24) is 12.9 Å². The van der Waals surface area contributed by atoms with Gasteiger partial charge in [-0.3, -0.25) is 0 Å². The molecular formula is C24H31Cl2IN3O4-. The number of nitrogens with zero attached hydrogens (tertiary/aromatic N) is 3. The molecule has 4 fully saturated rings. The van der Waals surface area contributed by atoms with Crippen molar-refractivity contribution in [3.63, 3.8) is 0 Å². The molecule has 4 aliphatic rings. The Bertz CT molecular complexity index is 972. The molecule has 1 aromatic carbocycles. The average molecular weight is 623 g/mol. The second-order valence-corrected chi connectivity index (χ2v) is 14.4. The molecule has 1 aliphatic carbocycles. The van der Waals surface area contributed by atoms with Gasteiger partial charge in [0.2, 0.25) is 0 Å². The van der Waals surface area contributed by atoms with E-state index >= 15 is 0 Å². The number of aliphatic hydroxyl groups is 1. The van der Waals surface area contributed by atoms with Crippen molar-refractivity contribution >= 4 is 35.0 Å². The number of carbonyl (C=O) groups excluding carboxylic acids is 2. The van der Waals surface area contributed by atoms with E-state index < -0.39 is 11.1 Å². The predicted octanol–water partition coefficient (Wildman–Crippen LogP) is -0.642. The van der Waals surface area contributed by atoms with E-state index in [0.717, 1.165) is 18.7 Å². The van der Waals surface area contributed by atoms with Crippen LogP contribution in [0.15, 0.2) is 18.2 Å². The number of fused-ring (bicyclic) bond motifs is 1. The van der Waals surface area contributed by atoms with E-state index in [1.165, 1.54) is 12.8 Å². The molecule has 2 amide bonds. The van der Waals surface area contributed by atoms with Crippen LogP contribution in [0.3, 0.4) is 0 Å². The Kier molecular flexibility index (Phi) is 7.11. The molecule has 1 saturated carbocycles. The van der Waals surface area contributed by atoms with Gasteiger partial charge in [0, 0.05) is 0 Å². The number of benzene rings is 1. The molecule has 3 aliphatic heterocycles. The number of hydrogen-bond acceptors (Lipinski definition) is 5. The molecule has 3 unspecified atom stereocenters. The summed E-state index contributed by atoms with van der Waals surface area (Å²) in [7, 11) is 0. The molecule has 188 valence electrons. The third-order valence-corrected chi connectivity index (χ3v) is 11.8. The van der Waals surface area contributed by atoms with Crippen LogP contribution in [0.5, 0.6) is 0 Å². The second-order valence-electron chi connectivity index (χ2n) is 10.0. The molecule has 0 spiro atoms. The zero-order valence-corrected chi connectivity index (χ0v) is 23.0. The molecule has 10 heteroatoms. The Hall–Kier alpha value is -0.650. The Labute approximate surface area is 221 Å². The van der Waals surface area contributed by atoms with Gasteiger partial charge in [0.05, 0.1) is 0 Å². The van der Waals surface area contributed by atoms with Crippen LogP contribution in [0.2, 0.25) is 10.0 Å². The van der Waals surface area contributed by atoms with Gasteiger partial charge < -0.3 is 0 Å². The minimum absolute atomic E-state index is 0.0316.